The molecule has 2 heterocycles. The Morgan fingerprint density at radius 3 is 2.83 bits per heavy atom. The number of esters is 1. The zero-order chi connectivity index (χ0) is 12.5. The second-order valence-corrected chi connectivity index (χ2v) is 4.81. The van der Waals surface area contributed by atoms with Gasteiger partial charge in [-0.25, -0.2) is 0 Å². The number of ether oxygens (including phenoxy) is 1. The van der Waals surface area contributed by atoms with Gasteiger partial charge < -0.3 is 9.64 Å². The highest BCUT2D eigenvalue weighted by Gasteiger charge is 2.43. The molecule has 0 aromatic heterocycles. The summed E-state index contributed by atoms with van der Waals surface area (Å²) in [6.45, 7) is 0.714. The summed E-state index contributed by atoms with van der Waals surface area (Å²) < 4.78 is 5.25. The lowest BCUT2D eigenvalue weighted by molar-refractivity contribution is -0.142. The fraction of sp³-hybridized carbons (Fsp3) is 0.429. The molecule has 0 aliphatic carbocycles. The summed E-state index contributed by atoms with van der Waals surface area (Å²) in [5.41, 5.74) is 0.678. The molecule has 1 amide bonds. The average Bonchev–Trinajstić information content (AvgIpc) is 2.79. The number of piperidine rings is 1. The van der Waals surface area contributed by atoms with Crippen LogP contribution in [0.25, 0.3) is 0 Å². The van der Waals surface area contributed by atoms with Gasteiger partial charge in [0, 0.05) is 12.1 Å². The summed E-state index contributed by atoms with van der Waals surface area (Å²) >= 11 is 0. The Labute approximate surface area is 106 Å². The van der Waals surface area contributed by atoms with Crippen molar-refractivity contribution in [2.45, 2.75) is 31.4 Å². The standard InChI is InChI=1S/C14H15NO3/c16-13-9-11-12(18-13)7-4-8-15(11)14(17)10-5-2-1-3-6-10/h1-3,5-6,11-12H,4,7-9H2/t11-,12-/m0/s1. The highest BCUT2D eigenvalue weighted by Crippen LogP contribution is 2.30. The van der Waals surface area contributed by atoms with Crippen molar-refractivity contribution >= 4 is 11.9 Å². The molecule has 0 unspecified atom stereocenters. The predicted molar refractivity (Wildman–Crippen MR) is 65.0 cm³/mol. The monoisotopic (exact) mass is 245 g/mol. The van der Waals surface area contributed by atoms with E-state index in [0.29, 0.717) is 18.5 Å². The van der Waals surface area contributed by atoms with Crippen LogP contribution in [0.15, 0.2) is 30.3 Å². The van der Waals surface area contributed by atoms with Crippen molar-refractivity contribution in [2.24, 2.45) is 0 Å². The topological polar surface area (TPSA) is 46.6 Å². The summed E-state index contributed by atoms with van der Waals surface area (Å²) in [6.07, 6.45) is 2.00. The second-order valence-electron chi connectivity index (χ2n) is 4.81. The molecule has 0 spiro atoms. The number of carbonyl (C=O) groups is 2. The molecular formula is C14H15NO3. The van der Waals surface area contributed by atoms with Crippen LogP contribution in [0.1, 0.15) is 29.6 Å². The van der Waals surface area contributed by atoms with Crippen molar-refractivity contribution in [2.75, 3.05) is 6.54 Å². The summed E-state index contributed by atoms with van der Waals surface area (Å²) in [5, 5.41) is 0. The minimum Gasteiger partial charge on any atom is -0.460 e. The Kier molecular flexibility index (Phi) is 2.78. The van der Waals surface area contributed by atoms with Gasteiger partial charge in [0.15, 0.2) is 0 Å². The minimum atomic E-state index is -0.183. The van der Waals surface area contributed by atoms with Crippen LogP contribution in [0.2, 0.25) is 0 Å². The van der Waals surface area contributed by atoms with E-state index in [9.17, 15) is 9.59 Å². The summed E-state index contributed by atoms with van der Waals surface area (Å²) in [7, 11) is 0. The smallest absolute Gasteiger partial charge is 0.308 e. The SMILES string of the molecule is O=C1C[C@H]2[C@H](CCCN2C(=O)c2ccccc2)O1. The lowest BCUT2D eigenvalue weighted by Gasteiger charge is -2.35. The third-order valence-corrected chi connectivity index (χ3v) is 3.66. The molecule has 2 atom stereocenters. The fourth-order valence-corrected chi connectivity index (χ4v) is 2.79. The number of carbonyl (C=O) groups excluding carboxylic acids is 2. The lowest BCUT2D eigenvalue weighted by atomic mass is 9.97. The van der Waals surface area contributed by atoms with Gasteiger partial charge in [0.1, 0.15) is 6.10 Å². The fourth-order valence-electron chi connectivity index (χ4n) is 2.79. The van der Waals surface area contributed by atoms with E-state index in [1.165, 1.54) is 0 Å². The zero-order valence-electron chi connectivity index (χ0n) is 10.0. The van der Waals surface area contributed by atoms with E-state index in [1.807, 2.05) is 30.3 Å². The summed E-state index contributed by atoms with van der Waals surface area (Å²) in [5.74, 6) is -0.179. The summed E-state index contributed by atoms with van der Waals surface area (Å²) in [6, 6.07) is 9.14. The van der Waals surface area contributed by atoms with Crippen molar-refractivity contribution in [3.8, 4) is 0 Å². The maximum Gasteiger partial charge on any atom is 0.308 e. The van der Waals surface area contributed by atoms with Crippen LogP contribution in [0.5, 0.6) is 0 Å². The van der Waals surface area contributed by atoms with Crippen LogP contribution in [0, 0.1) is 0 Å². The Hall–Kier alpha value is -1.84. The van der Waals surface area contributed by atoms with Crippen molar-refractivity contribution in [3.05, 3.63) is 35.9 Å². The number of nitrogens with zero attached hydrogens (tertiary/aromatic N) is 1. The van der Waals surface area contributed by atoms with Gasteiger partial charge in [-0.1, -0.05) is 18.2 Å². The van der Waals surface area contributed by atoms with Crippen molar-refractivity contribution in [3.63, 3.8) is 0 Å². The maximum atomic E-state index is 12.4. The molecule has 1 aromatic rings. The Balaban J connectivity index is 1.83. The number of amides is 1. The van der Waals surface area contributed by atoms with Crippen LogP contribution in [0.3, 0.4) is 0 Å². The van der Waals surface area contributed by atoms with Crippen LogP contribution in [0.4, 0.5) is 0 Å². The number of benzene rings is 1. The van der Waals surface area contributed by atoms with Crippen molar-refractivity contribution in [1.29, 1.82) is 0 Å². The number of hydrogen-bond acceptors (Lipinski definition) is 3. The van der Waals surface area contributed by atoms with Crippen LogP contribution >= 0.6 is 0 Å². The molecule has 0 saturated carbocycles. The van der Waals surface area contributed by atoms with E-state index in [4.69, 9.17) is 4.74 Å². The first-order valence-corrected chi connectivity index (χ1v) is 6.31. The van der Waals surface area contributed by atoms with Crippen LogP contribution < -0.4 is 0 Å². The lowest BCUT2D eigenvalue weighted by Crippen LogP contribution is -2.48. The molecule has 0 N–H and O–H groups in total. The molecule has 2 saturated heterocycles. The van der Waals surface area contributed by atoms with Gasteiger partial charge in [-0.05, 0) is 25.0 Å². The van der Waals surface area contributed by atoms with E-state index in [2.05, 4.69) is 0 Å². The average molecular weight is 245 g/mol. The second kappa shape index (κ2) is 4.44. The molecule has 2 aliphatic heterocycles. The minimum absolute atomic E-state index is 0.00333. The van der Waals surface area contributed by atoms with Crippen molar-refractivity contribution < 1.29 is 14.3 Å². The molecule has 0 bridgehead atoms. The van der Waals surface area contributed by atoms with Gasteiger partial charge in [0.2, 0.25) is 0 Å². The van der Waals surface area contributed by atoms with Gasteiger partial charge >= 0.3 is 5.97 Å². The normalized spacial score (nSPS) is 26.7. The number of rotatable bonds is 1. The maximum absolute atomic E-state index is 12.4. The molecule has 2 aliphatic rings. The van der Waals surface area contributed by atoms with Crippen LogP contribution in [-0.4, -0.2) is 35.5 Å². The Morgan fingerprint density at radius 1 is 1.28 bits per heavy atom. The van der Waals surface area contributed by atoms with Crippen molar-refractivity contribution in [1.82, 2.24) is 4.90 Å². The molecule has 4 nitrogen and oxygen atoms in total. The third kappa shape index (κ3) is 1.88. The van der Waals surface area contributed by atoms with E-state index in [1.54, 1.807) is 4.90 Å². The van der Waals surface area contributed by atoms with Gasteiger partial charge in [-0.3, -0.25) is 9.59 Å². The van der Waals surface area contributed by atoms with Gasteiger partial charge in [0.25, 0.3) is 5.91 Å². The Morgan fingerprint density at radius 2 is 2.06 bits per heavy atom. The van der Waals surface area contributed by atoms with E-state index < -0.39 is 0 Å². The number of fused-ring (bicyclic) bond motifs is 1. The first-order chi connectivity index (χ1) is 8.75. The highest BCUT2D eigenvalue weighted by atomic mass is 16.6. The van der Waals surface area contributed by atoms with Crippen LogP contribution in [-0.2, 0) is 9.53 Å². The largest absolute Gasteiger partial charge is 0.460 e. The molecule has 3 rings (SSSR count). The molecular weight excluding hydrogens is 230 g/mol. The van der Waals surface area contributed by atoms with Gasteiger partial charge in [-0.15, -0.1) is 0 Å². The van der Waals surface area contributed by atoms with E-state index >= 15 is 0 Å². The molecule has 4 heteroatoms. The Bertz CT molecular complexity index is 471. The zero-order valence-corrected chi connectivity index (χ0v) is 10.0. The number of hydrogen-bond donors (Lipinski definition) is 0. The third-order valence-electron chi connectivity index (χ3n) is 3.66. The predicted octanol–water partition coefficient (Wildman–Crippen LogP) is 1.61. The number of likely N-dealkylation sites (tertiary alicyclic amines) is 1. The first-order valence-electron chi connectivity index (χ1n) is 6.31. The highest BCUT2D eigenvalue weighted by molar-refractivity contribution is 5.95. The molecule has 2 fully saturated rings. The molecule has 1 aromatic carbocycles. The van der Waals surface area contributed by atoms with E-state index in [0.717, 1.165) is 12.8 Å². The van der Waals surface area contributed by atoms with E-state index in [-0.39, 0.29) is 24.0 Å². The first kappa shape index (κ1) is 11.3. The van der Waals surface area contributed by atoms with Gasteiger partial charge in [0.05, 0.1) is 12.5 Å². The molecule has 94 valence electrons. The molecule has 18 heavy (non-hydrogen) atoms. The molecule has 0 radical (unpaired) electrons. The summed E-state index contributed by atoms with van der Waals surface area (Å²) in [4.78, 5) is 25.6. The quantitative estimate of drug-likeness (QED) is 0.706. The van der Waals surface area contributed by atoms with Gasteiger partial charge in [-0.2, -0.15) is 0 Å².